The van der Waals surface area contributed by atoms with E-state index in [0.717, 1.165) is 16.9 Å². The number of hydrogen-bond acceptors (Lipinski definition) is 3. The quantitative estimate of drug-likeness (QED) is 0.628. The highest BCUT2D eigenvalue weighted by Gasteiger charge is 2.59. The number of hydrogen-bond donors (Lipinski definition) is 1. The number of carbonyl (C=O) groups excluding carboxylic acids is 1. The van der Waals surface area contributed by atoms with E-state index in [1.165, 1.54) is 0 Å². The topological polar surface area (TPSA) is 70.1 Å². The number of carbonyl (C=O) groups is 2. The normalized spacial score (nSPS) is 16.4. The number of ether oxygens (including phenoxy) is 1. The number of carboxylic acid groups (broad SMARTS) is 1. The Balaban J connectivity index is 1.74. The molecule has 1 fully saturated rings. The molecule has 2 aromatic rings. The van der Waals surface area contributed by atoms with Crippen LogP contribution in [0.15, 0.2) is 54.6 Å². The maximum Gasteiger partial charge on any atom is 0.330 e. The summed E-state index contributed by atoms with van der Waals surface area (Å²) in [5, 5.41) is 10.2. The van der Waals surface area contributed by atoms with E-state index in [9.17, 15) is 14.7 Å². The Kier molecular flexibility index (Phi) is 6.82. The number of carboxylic acids is 1. The Labute approximate surface area is 190 Å². The molecule has 6 nitrogen and oxygen atoms in total. The second-order valence-corrected chi connectivity index (χ2v) is 9.75. The van der Waals surface area contributed by atoms with Crippen molar-refractivity contribution in [1.29, 1.82) is 0 Å². The van der Waals surface area contributed by atoms with E-state index in [2.05, 4.69) is 0 Å². The summed E-state index contributed by atoms with van der Waals surface area (Å²) >= 11 is 0. The first-order valence-corrected chi connectivity index (χ1v) is 11.1. The minimum absolute atomic E-state index is 0.230. The molecule has 0 radical (unpaired) electrons. The van der Waals surface area contributed by atoms with Gasteiger partial charge < -0.3 is 19.6 Å². The predicted octanol–water partition coefficient (Wildman–Crippen LogP) is 5.03. The summed E-state index contributed by atoms with van der Waals surface area (Å²) in [5.74, 6) is -0.447. The molecular weight excluding hydrogens is 404 g/mol. The molecule has 32 heavy (non-hydrogen) atoms. The molecule has 0 aromatic heterocycles. The second kappa shape index (κ2) is 9.23. The maximum absolute atomic E-state index is 13.4. The lowest BCUT2D eigenvalue weighted by molar-refractivity contribution is -0.161. The molecular formula is C26H34N2O4. The zero-order valence-corrected chi connectivity index (χ0v) is 19.7. The molecule has 0 spiro atoms. The van der Waals surface area contributed by atoms with Gasteiger partial charge in [-0.2, -0.15) is 0 Å². The summed E-state index contributed by atoms with van der Waals surface area (Å²) in [5.41, 5.74) is 0.139. The number of amides is 2. The molecule has 1 aliphatic heterocycles. The van der Waals surface area contributed by atoms with Crippen LogP contribution in [0.4, 0.5) is 4.79 Å². The van der Waals surface area contributed by atoms with Crippen molar-refractivity contribution in [2.45, 2.75) is 53.3 Å². The van der Waals surface area contributed by atoms with Crippen LogP contribution in [0, 0.1) is 11.3 Å². The molecule has 0 unspecified atom stereocenters. The van der Waals surface area contributed by atoms with Gasteiger partial charge in [-0.3, -0.25) is 0 Å². The van der Waals surface area contributed by atoms with Gasteiger partial charge in [0.25, 0.3) is 0 Å². The molecule has 2 aromatic carbocycles. The summed E-state index contributed by atoms with van der Waals surface area (Å²) in [6, 6.07) is 17.4. The van der Waals surface area contributed by atoms with Crippen LogP contribution in [-0.2, 0) is 17.9 Å². The van der Waals surface area contributed by atoms with Crippen molar-refractivity contribution in [2.24, 2.45) is 11.3 Å². The largest absolute Gasteiger partial charge is 0.489 e. The lowest BCUT2D eigenvalue weighted by atomic mass is 9.66. The molecule has 0 bridgehead atoms. The summed E-state index contributed by atoms with van der Waals surface area (Å²) in [6.45, 7) is 11.2. The average Bonchev–Trinajstić information content (AvgIpc) is 3.07. The number of aliphatic carboxylic acids is 1. The Morgan fingerprint density at radius 1 is 1.03 bits per heavy atom. The minimum Gasteiger partial charge on any atom is -0.489 e. The van der Waals surface area contributed by atoms with Gasteiger partial charge >= 0.3 is 12.0 Å². The molecule has 1 saturated heterocycles. The first-order valence-electron chi connectivity index (χ1n) is 11.1. The molecule has 2 amide bonds. The number of benzene rings is 2. The molecule has 6 heteroatoms. The lowest BCUT2D eigenvalue weighted by Gasteiger charge is -2.49. The Bertz CT molecular complexity index is 952. The van der Waals surface area contributed by atoms with Crippen molar-refractivity contribution in [1.82, 2.24) is 9.80 Å². The third-order valence-electron chi connectivity index (χ3n) is 6.35. The van der Waals surface area contributed by atoms with Crippen molar-refractivity contribution in [3.05, 3.63) is 65.7 Å². The fraction of sp³-hybridized carbons (Fsp3) is 0.462. The predicted molar refractivity (Wildman–Crippen MR) is 124 cm³/mol. The fourth-order valence-electron chi connectivity index (χ4n) is 5.02. The zero-order valence-electron chi connectivity index (χ0n) is 19.7. The fourth-order valence-corrected chi connectivity index (χ4v) is 5.02. The van der Waals surface area contributed by atoms with Gasteiger partial charge in [-0.05, 0) is 34.6 Å². The van der Waals surface area contributed by atoms with Crippen LogP contribution >= 0.6 is 0 Å². The summed E-state index contributed by atoms with van der Waals surface area (Å²) in [6.07, 6.45) is 0. The number of nitrogens with zero attached hydrogens (tertiary/aromatic N) is 2. The first kappa shape index (κ1) is 23.6. The Morgan fingerprint density at radius 2 is 1.69 bits per heavy atom. The van der Waals surface area contributed by atoms with Gasteiger partial charge in [0.1, 0.15) is 17.9 Å². The molecule has 172 valence electrons. The van der Waals surface area contributed by atoms with E-state index >= 15 is 0 Å². The molecule has 1 aliphatic rings. The molecule has 0 aliphatic carbocycles. The van der Waals surface area contributed by atoms with Crippen molar-refractivity contribution in [3.63, 3.8) is 0 Å². The van der Waals surface area contributed by atoms with Crippen LogP contribution in [0.2, 0.25) is 0 Å². The van der Waals surface area contributed by atoms with Gasteiger partial charge in [-0.25, -0.2) is 9.59 Å². The van der Waals surface area contributed by atoms with Crippen LogP contribution in [0.5, 0.6) is 5.75 Å². The van der Waals surface area contributed by atoms with Gasteiger partial charge in [0.2, 0.25) is 0 Å². The van der Waals surface area contributed by atoms with Gasteiger partial charge in [0.15, 0.2) is 0 Å². The first-order chi connectivity index (χ1) is 15.1. The Hall–Kier alpha value is -3.02. The maximum atomic E-state index is 13.4. The zero-order chi connectivity index (χ0) is 23.5. The number of rotatable bonds is 8. The second-order valence-electron chi connectivity index (χ2n) is 9.75. The van der Waals surface area contributed by atoms with Gasteiger partial charge in [0, 0.05) is 19.6 Å². The van der Waals surface area contributed by atoms with Crippen molar-refractivity contribution >= 4 is 12.0 Å². The van der Waals surface area contributed by atoms with Gasteiger partial charge in [-0.15, -0.1) is 0 Å². The van der Waals surface area contributed by atoms with E-state index in [-0.39, 0.29) is 11.9 Å². The van der Waals surface area contributed by atoms with Crippen molar-refractivity contribution in [3.8, 4) is 5.75 Å². The minimum atomic E-state index is -1.28. The summed E-state index contributed by atoms with van der Waals surface area (Å²) < 4.78 is 5.92. The summed E-state index contributed by atoms with van der Waals surface area (Å²) in [7, 11) is 0. The smallest absolute Gasteiger partial charge is 0.330 e. The average molecular weight is 439 g/mol. The molecule has 3 rings (SSSR count). The van der Waals surface area contributed by atoms with E-state index in [1.54, 1.807) is 9.80 Å². The van der Waals surface area contributed by atoms with E-state index in [0.29, 0.717) is 26.2 Å². The summed E-state index contributed by atoms with van der Waals surface area (Å²) in [4.78, 5) is 29.2. The van der Waals surface area contributed by atoms with Crippen molar-refractivity contribution < 1.29 is 19.4 Å². The highest BCUT2D eigenvalue weighted by molar-refractivity contribution is 5.88. The van der Waals surface area contributed by atoms with Crippen LogP contribution in [0.1, 0.15) is 45.7 Å². The van der Waals surface area contributed by atoms with Crippen LogP contribution in [-0.4, -0.2) is 45.5 Å². The van der Waals surface area contributed by atoms with Crippen LogP contribution < -0.4 is 4.74 Å². The molecule has 1 heterocycles. The molecule has 1 atom stereocenters. The van der Waals surface area contributed by atoms with E-state index < -0.39 is 16.9 Å². The third kappa shape index (κ3) is 4.45. The van der Waals surface area contributed by atoms with Crippen molar-refractivity contribution in [2.75, 3.05) is 13.1 Å². The SMILES string of the molecule is CC(C)[C@@](C(=O)O)(N1CCN(Cc2cccc(OCc3ccccc3)c2)C1=O)C(C)(C)C. The highest BCUT2D eigenvalue weighted by atomic mass is 16.5. The monoisotopic (exact) mass is 438 g/mol. The van der Waals surface area contributed by atoms with E-state index in [1.807, 2.05) is 89.2 Å². The van der Waals surface area contributed by atoms with Crippen LogP contribution in [0.3, 0.4) is 0 Å². The van der Waals surface area contributed by atoms with Crippen LogP contribution in [0.25, 0.3) is 0 Å². The highest BCUT2D eigenvalue weighted by Crippen LogP contribution is 2.43. The van der Waals surface area contributed by atoms with Gasteiger partial charge in [-0.1, -0.05) is 77.1 Å². The third-order valence-corrected chi connectivity index (χ3v) is 6.35. The Morgan fingerprint density at radius 3 is 2.28 bits per heavy atom. The van der Waals surface area contributed by atoms with Gasteiger partial charge in [0.05, 0.1) is 0 Å². The standard InChI is InChI=1S/C26H34N2O4/c1-19(2)26(23(29)30,25(3,4)5)28-15-14-27(24(28)31)17-21-12-9-13-22(16-21)32-18-20-10-7-6-8-11-20/h6-13,16,19H,14-15,17-18H2,1-5H3,(H,29,30)/t26-/m0/s1. The molecule has 1 N–H and O–H groups in total. The lowest BCUT2D eigenvalue weighted by Crippen LogP contribution is -2.66. The molecule has 0 saturated carbocycles. The van der Waals surface area contributed by atoms with E-state index in [4.69, 9.17) is 4.74 Å². The number of urea groups is 1.